The summed E-state index contributed by atoms with van der Waals surface area (Å²) in [4.78, 5) is 0. The molecule has 0 bridgehead atoms. The molecular weight excluding hydrogens is 488 g/mol. The first kappa shape index (κ1) is 11.8. The van der Waals surface area contributed by atoms with Gasteiger partial charge < -0.3 is 8.83 Å². The van der Waals surface area contributed by atoms with Crippen LogP contribution in [0.5, 0.6) is 0 Å². The number of hydrogen-bond donors (Lipinski definition) is 0. The summed E-state index contributed by atoms with van der Waals surface area (Å²) in [7, 11) is 0. The molecule has 0 unspecified atom stereocenters. The zero-order valence-electron chi connectivity index (χ0n) is 35.4. The highest BCUT2D eigenvalue weighted by Crippen LogP contribution is 2.48. The molecule has 0 aliphatic carbocycles. The molecule has 0 fully saturated rings. The predicted molar refractivity (Wildman–Crippen MR) is 167 cm³/mol. The molecule has 9 rings (SSSR count). The van der Waals surface area contributed by atoms with Gasteiger partial charge in [-0.2, -0.15) is 0 Å². The van der Waals surface area contributed by atoms with Crippen molar-refractivity contribution in [1.29, 1.82) is 0 Å². The normalized spacial score (nSPS) is 17.2. The molecule has 2 nitrogen and oxygen atoms in total. The van der Waals surface area contributed by atoms with Gasteiger partial charge in [0.1, 0.15) is 16.7 Å². The number of fused-ring (bicyclic) bond motifs is 8. The molecule has 0 aliphatic rings. The lowest BCUT2D eigenvalue weighted by Gasteiger charge is -2.18. The van der Waals surface area contributed by atoms with Crippen LogP contribution in [0, 0.1) is 0 Å². The summed E-state index contributed by atoms with van der Waals surface area (Å²) in [5.74, 6) is 0. The van der Waals surface area contributed by atoms with E-state index >= 15 is 0 Å². The van der Waals surface area contributed by atoms with Gasteiger partial charge in [0, 0.05) is 21.9 Å². The summed E-state index contributed by atoms with van der Waals surface area (Å²) in [6.45, 7) is 0. The molecule has 0 saturated heterocycles. The van der Waals surface area contributed by atoms with Gasteiger partial charge in [-0.1, -0.05) is 109 Å². The molecule has 0 atom stereocenters. The Hall–Kier alpha value is -5.34. The number of para-hydroxylation sites is 1. The first-order valence-electron chi connectivity index (χ1n) is 19.9. The van der Waals surface area contributed by atoms with Crippen LogP contribution in [0.3, 0.4) is 0 Å². The Morgan fingerprint density at radius 1 is 0.475 bits per heavy atom. The maximum absolute atomic E-state index is 9.34. The van der Waals surface area contributed by atoms with Gasteiger partial charge in [-0.25, -0.2) is 0 Å². The van der Waals surface area contributed by atoms with Crippen molar-refractivity contribution in [2.24, 2.45) is 0 Å². The highest BCUT2D eigenvalue weighted by atomic mass is 16.3. The largest absolute Gasteiger partial charge is 0.464 e. The molecule has 0 saturated carbocycles. The SMILES string of the molecule is [2H]c1c([2H])c([2H])c2c(-c3c4c([2H])c([2H])c([2H])c([2H])c4c(-c4cccc5c4oc4ccc6ccoc6c45)c4c([2H])c([2H])c([2H])c([2H])c34)c([2H])c([2H])c([2H])c2c1[2H]. The van der Waals surface area contributed by atoms with Crippen molar-refractivity contribution in [1.82, 2.24) is 0 Å². The number of furan rings is 2. The standard InChI is InChI=1S/C38H22O2/c1-2-11-25-23(9-1)10-7-16-26(25)34-27-12-3-5-14-29(27)35(30-15-6-4-13-28(30)34)31-17-8-18-32-36-33(40-38(31)32)20-19-24-21-22-39-37(24)36/h1-22H/i1D,2D,3D,4D,5D,6D,7D,9D,10D,11D,12D,13D,14D,15D,16D. The lowest BCUT2D eigenvalue weighted by molar-refractivity contribution is 0.618. The van der Waals surface area contributed by atoms with E-state index in [2.05, 4.69) is 0 Å². The second-order valence-corrected chi connectivity index (χ2v) is 9.31. The molecule has 0 N–H and O–H groups in total. The summed E-state index contributed by atoms with van der Waals surface area (Å²) < 4.78 is 146. The maximum atomic E-state index is 9.34. The van der Waals surface area contributed by atoms with Gasteiger partial charge in [-0.05, 0) is 61.6 Å². The van der Waals surface area contributed by atoms with E-state index in [1.54, 1.807) is 36.4 Å². The van der Waals surface area contributed by atoms with Crippen LogP contribution >= 0.6 is 0 Å². The molecule has 40 heavy (non-hydrogen) atoms. The molecular formula is C38H22O2. The van der Waals surface area contributed by atoms with E-state index in [1.807, 2.05) is 0 Å². The third-order valence-electron chi connectivity index (χ3n) is 7.29. The van der Waals surface area contributed by atoms with E-state index in [1.165, 1.54) is 6.26 Å². The topological polar surface area (TPSA) is 26.3 Å². The Bertz CT molecular complexity index is 3180. The van der Waals surface area contributed by atoms with Gasteiger partial charge in [0.2, 0.25) is 0 Å². The van der Waals surface area contributed by atoms with Gasteiger partial charge in [0.25, 0.3) is 0 Å². The summed E-state index contributed by atoms with van der Waals surface area (Å²) in [6, 6.07) is -0.0945. The lowest BCUT2D eigenvalue weighted by atomic mass is 9.84. The van der Waals surface area contributed by atoms with E-state index < -0.39 is 107 Å². The van der Waals surface area contributed by atoms with Gasteiger partial charge in [0.15, 0.2) is 0 Å². The minimum Gasteiger partial charge on any atom is -0.464 e. The second-order valence-electron chi connectivity index (χ2n) is 9.31. The Labute approximate surface area is 250 Å². The number of hydrogen-bond acceptors (Lipinski definition) is 2. The Morgan fingerprint density at radius 3 is 1.88 bits per heavy atom. The first-order chi connectivity index (χ1) is 26.1. The van der Waals surface area contributed by atoms with Gasteiger partial charge in [-0.3, -0.25) is 0 Å². The van der Waals surface area contributed by atoms with Gasteiger partial charge >= 0.3 is 0 Å². The summed E-state index contributed by atoms with van der Waals surface area (Å²) in [5.41, 5.74) is 0.462. The zero-order chi connectivity index (χ0) is 39.3. The Morgan fingerprint density at radius 2 is 1.12 bits per heavy atom. The van der Waals surface area contributed by atoms with Crippen LogP contribution in [0.15, 0.2) is 142 Å². The maximum Gasteiger partial charge on any atom is 0.145 e. The minimum absolute atomic E-state index is 0.0472. The third-order valence-corrected chi connectivity index (χ3v) is 7.29. The van der Waals surface area contributed by atoms with Gasteiger partial charge in [0.05, 0.1) is 32.2 Å². The van der Waals surface area contributed by atoms with Crippen molar-refractivity contribution >= 4 is 65.2 Å². The van der Waals surface area contributed by atoms with E-state index in [-0.39, 0.29) is 43.8 Å². The van der Waals surface area contributed by atoms with Crippen molar-refractivity contribution in [2.45, 2.75) is 0 Å². The van der Waals surface area contributed by atoms with Crippen LogP contribution in [0.25, 0.3) is 87.5 Å². The van der Waals surface area contributed by atoms with Crippen molar-refractivity contribution in [3.05, 3.63) is 133 Å². The fraction of sp³-hybridized carbons (Fsp3) is 0. The smallest absolute Gasteiger partial charge is 0.145 e. The van der Waals surface area contributed by atoms with Crippen molar-refractivity contribution in [2.75, 3.05) is 0 Å². The quantitative estimate of drug-likeness (QED) is 0.210. The molecule has 186 valence electrons. The second kappa shape index (κ2) is 8.08. The molecule has 2 heteroatoms. The Balaban J connectivity index is 1.64. The molecule has 0 radical (unpaired) electrons. The minimum atomic E-state index is -0.768. The van der Waals surface area contributed by atoms with E-state index in [4.69, 9.17) is 22.5 Å². The van der Waals surface area contributed by atoms with Crippen LogP contribution in [-0.2, 0) is 0 Å². The highest BCUT2D eigenvalue weighted by molar-refractivity contribution is 6.26. The van der Waals surface area contributed by atoms with Crippen molar-refractivity contribution < 1.29 is 29.4 Å². The van der Waals surface area contributed by atoms with Gasteiger partial charge in [-0.15, -0.1) is 0 Å². The number of rotatable bonds is 2. The van der Waals surface area contributed by atoms with Crippen LogP contribution < -0.4 is 0 Å². The fourth-order valence-corrected chi connectivity index (χ4v) is 5.65. The molecule has 7 aromatic carbocycles. The third kappa shape index (κ3) is 2.88. The number of benzene rings is 7. The average Bonchev–Trinajstić information content (AvgIpc) is 3.82. The zero-order valence-corrected chi connectivity index (χ0v) is 20.4. The van der Waals surface area contributed by atoms with Crippen molar-refractivity contribution in [3.8, 4) is 22.3 Å². The molecule has 0 aliphatic heterocycles. The summed E-state index contributed by atoms with van der Waals surface area (Å²) >= 11 is 0. The van der Waals surface area contributed by atoms with Crippen LogP contribution in [0.4, 0.5) is 0 Å². The molecule has 0 spiro atoms. The summed E-state index contributed by atoms with van der Waals surface area (Å²) in [5, 5.41) is -0.0631. The van der Waals surface area contributed by atoms with E-state index in [9.17, 15) is 6.85 Å². The summed E-state index contributed by atoms with van der Waals surface area (Å²) in [6.07, 6.45) is 1.53. The first-order valence-corrected chi connectivity index (χ1v) is 12.4. The highest BCUT2D eigenvalue weighted by Gasteiger charge is 2.21. The van der Waals surface area contributed by atoms with Crippen LogP contribution in [-0.4, -0.2) is 0 Å². The fourth-order valence-electron chi connectivity index (χ4n) is 5.65. The lowest BCUT2D eigenvalue weighted by Crippen LogP contribution is -1.91. The monoisotopic (exact) mass is 525 g/mol. The van der Waals surface area contributed by atoms with Crippen LogP contribution in [0.1, 0.15) is 20.6 Å². The molecule has 9 aromatic rings. The molecule has 0 amide bonds. The molecule has 2 heterocycles. The molecule has 2 aromatic heterocycles. The van der Waals surface area contributed by atoms with E-state index in [0.29, 0.717) is 21.9 Å². The van der Waals surface area contributed by atoms with E-state index in [0.717, 1.165) is 5.39 Å². The Kier molecular flexibility index (Phi) is 2.39. The van der Waals surface area contributed by atoms with Crippen molar-refractivity contribution in [3.63, 3.8) is 0 Å². The van der Waals surface area contributed by atoms with Crippen LogP contribution in [0.2, 0.25) is 0 Å². The average molecular weight is 526 g/mol. The predicted octanol–water partition coefficient (Wildman–Crippen LogP) is 11.1.